The zero-order valence-corrected chi connectivity index (χ0v) is 17.0. The van der Waals surface area contributed by atoms with Gasteiger partial charge in [-0.05, 0) is 35.9 Å². The molecule has 0 saturated heterocycles. The monoisotopic (exact) mass is 439 g/mol. The van der Waals surface area contributed by atoms with E-state index in [4.69, 9.17) is 5.73 Å². The number of nitrogens with zero attached hydrogens (tertiary/aromatic N) is 4. The number of rotatable bonds is 3. The van der Waals surface area contributed by atoms with Crippen molar-refractivity contribution in [1.29, 1.82) is 0 Å². The topological polar surface area (TPSA) is 109 Å². The minimum atomic E-state index is -0.421. The highest BCUT2D eigenvalue weighted by Gasteiger charge is 2.18. The maximum absolute atomic E-state index is 14.8. The van der Waals surface area contributed by atoms with E-state index in [1.165, 1.54) is 24.4 Å². The van der Waals surface area contributed by atoms with Crippen molar-refractivity contribution in [1.82, 2.24) is 30.1 Å². The van der Waals surface area contributed by atoms with Crippen LogP contribution < -0.4 is 5.73 Å². The van der Waals surface area contributed by atoms with Gasteiger partial charge in [0.1, 0.15) is 17.3 Å². The second-order valence-electron chi connectivity index (χ2n) is 7.61. The van der Waals surface area contributed by atoms with E-state index < -0.39 is 5.82 Å². The molecule has 6 aromatic rings. The number of anilines is 1. The van der Waals surface area contributed by atoms with Crippen molar-refractivity contribution in [3.8, 4) is 33.8 Å². The van der Waals surface area contributed by atoms with Gasteiger partial charge in [0, 0.05) is 46.7 Å². The SMILES string of the molecule is Nc1cncc(-c2cc3c(-c4nc5nccc(-c6ccc(F)cc6)c5[nH]4)n[nH]c3cc2F)c1. The lowest BCUT2D eigenvalue weighted by molar-refractivity contribution is 0.628. The second-order valence-corrected chi connectivity index (χ2v) is 7.61. The Hall–Kier alpha value is -4.66. The van der Waals surface area contributed by atoms with Crippen LogP contribution in [0, 0.1) is 11.6 Å². The fraction of sp³-hybridized carbons (Fsp3) is 0. The van der Waals surface area contributed by atoms with Crippen molar-refractivity contribution in [2.75, 3.05) is 5.73 Å². The molecule has 0 saturated carbocycles. The van der Waals surface area contributed by atoms with Crippen LogP contribution in [0.1, 0.15) is 0 Å². The molecule has 4 aromatic heterocycles. The van der Waals surface area contributed by atoms with Crippen LogP contribution in [0.15, 0.2) is 67.1 Å². The Kier molecular flexibility index (Phi) is 4.16. The maximum Gasteiger partial charge on any atom is 0.178 e. The van der Waals surface area contributed by atoms with Crippen LogP contribution in [0.4, 0.5) is 14.5 Å². The van der Waals surface area contributed by atoms with Crippen molar-refractivity contribution in [2.45, 2.75) is 0 Å². The molecular formula is C24H15F2N7. The van der Waals surface area contributed by atoms with E-state index in [-0.39, 0.29) is 5.82 Å². The maximum atomic E-state index is 14.8. The molecule has 2 aromatic carbocycles. The number of benzene rings is 2. The van der Waals surface area contributed by atoms with Crippen LogP contribution in [0.2, 0.25) is 0 Å². The smallest absolute Gasteiger partial charge is 0.178 e. The number of nitrogen functional groups attached to an aromatic ring is 1. The summed E-state index contributed by atoms with van der Waals surface area (Å²) in [5.41, 5.74) is 11.1. The average molecular weight is 439 g/mol. The molecule has 0 atom stereocenters. The van der Waals surface area contributed by atoms with Gasteiger partial charge in [-0.15, -0.1) is 0 Å². The van der Waals surface area contributed by atoms with E-state index in [1.54, 1.807) is 36.7 Å². The lowest BCUT2D eigenvalue weighted by Crippen LogP contribution is -1.90. The molecule has 0 aliphatic rings. The molecule has 0 radical (unpaired) electrons. The molecule has 0 bridgehead atoms. The van der Waals surface area contributed by atoms with E-state index in [9.17, 15) is 8.78 Å². The molecule has 0 fully saturated rings. The summed E-state index contributed by atoms with van der Waals surface area (Å²) in [6, 6.07) is 12.8. The number of aromatic amines is 2. The first-order valence-corrected chi connectivity index (χ1v) is 10.1. The highest BCUT2D eigenvalue weighted by atomic mass is 19.1. The Labute approximate surface area is 185 Å². The number of aromatic nitrogens is 6. The van der Waals surface area contributed by atoms with Crippen LogP contribution in [-0.2, 0) is 0 Å². The number of fused-ring (bicyclic) bond motifs is 2. The predicted octanol–water partition coefficient (Wildman–Crippen LogP) is 5.09. The third kappa shape index (κ3) is 3.18. The summed E-state index contributed by atoms with van der Waals surface area (Å²) in [5, 5.41) is 7.90. The van der Waals surface area contributed by atoms with Gasteiger partial charge in [-0.3, -0.25) is 10.1 Å². The highest BCUT2D eigenvalue weighted by Crippen LogP contribution is 2.34. The Balaban J connectivity index is 1.52. The number of nitrogens with two attached hydrogens (primary N) is 1. The summed E-state index contributed by atoms with van der Waals surface area (Å²) in [6.45, 7) is 0. The van der Waals surface area contributed by atoms with Gasteiger partial charge >= 0.3 is 0 Å². The molecule has 0 unspecified atom stereocenters. The van der Waals surface area contributed by atoms with E-state index in [0.717, 1.165) is 11.1 Å². The molecule has 6 rings (SSSR count). The summed E-state index contributed by atoms with van der Waals surface area (Å²) in [6.07, 6.45) is 4.71. The quantitative estimate of drug-likeness (QED) is 0.356. The highest BCUT2D eigenvalue weighted by molar-refractivity contribution is 5.97. The normalized spacial score (nSPS) is 11.5. The third-order valence-corrected chi connectivity index (χ3v) is 5.49. The lowest BCUT2D eigenvalue weighted by Gasteiger charge is -2.05. The lowest BCUT2D eigenvalue weighted by atomic mass is 10.0. The molecule has 33 heavy (non-hydrogen) atoms. The number of halogens is 2. The van der Waals surface area contributed by atoms with Gasteiger partial charge in [0.2, 0.25) is 0 Å². The minimum absolute atomic E-state index is 0.309. The van der Waals surface area contributed by atoms with Crippen LogP contribution >= 0.6 is 0 Å². The van der Waals surface area contributed by atoms with E-state index in [2.05, 4.69) is 30.1 Å². The molecule has 7 nitrogen and oxygen atoms in total. The largest absolute Gasteiger partial charge is 0.397 e. The minimum Gasteiger partial charge on any atom is -0.397 e. The number of nitrogens with one attached hydrogen (secondary N) is 2. The molecule has 0 spiro atoms. The van der Waals surface area contributed by atoms with Crippen LogP contribution in [0.3, 0.4) is 0 Å². The van der Waals surface area contributed by atoms with Gasteiger partial charge in [0.25, 0.3) is 0 Å². The fourth-order valence-corrected chi connectivity index (χ4v) is 3.94. The molecule has 160 valence electrons. The first kappa shape index (κ1) is 19.1. The Bertz CT molecular complexity index is 1650. The molecule has 0 amide bonds. The number of hydrogen-bond donors (Lipinski definition) is 3. The molecule has 0 aliphatic carbocycles. The first-order chi connectivity index (χ1) is 16.1. The predicted molar refractivity (Wildman–Crippen MR) is 122 cm³/mol. The molecule has 9 heteroatoms. The zero-order valence-electron chi connectivity index (χ0n) is 17.0. The molecular weight excluding hydrogens is 424 g/mol. The molecule has 4 N–H and O–H groups in total. The van der Waals surface area contributed by atoms with Crippen LogP contribution in [0.25, 0.3) is 55.8 Å². The van der Waals surface area contributed by atoms with Crippen LogP contribution in [0.5, 0.6) is 0 Å². The summed E-state index contributed by atoms with van der Waals surface area (Å²) in [7, 11) is 0. The summed E-state index contributed by atoms with van der Waals surface area (Å²) >= 11 is 0. The number of imidazole rings is 1. The number of hydrogen-bond acceptors (Lipinski definition) is 5. The molecule has 0 aliphatic heterocycles. The van der Waals surface area contributed by atoms with Crippen LogP contribution in [-0.4, -0.2) is 30.1 Å². The standard InChI is InChI=1S/C24H15F2N7/c25-14-3-1-12(2-4-14)16-5-6-29-23-21(16)30-24(31-23)22-18-8-17(13-7-15(27)11-28-10-13)19(26)9-20(18)32-33-22/h1-11H,27H2,(H,32,33)(H,29,30,31). The molecule has 4 heterocycles. The van der Waals surface area contributed by atoms with E-state index in [0.29, 0.717) is 50.4 Å². The van der Waals surface area contributed by atoms with Gasteiger partial charge in [0.15, 0.2) is 11.5 Å². The Morgan fingerprint density at radius 1 is 0.879 bits per heavy atom. The van der Waals surface area contributed by atoms with Gasteiger partial charge < -0.3 is 10.7 Å². The van der Waals surface area contributed by atoms with Gasteiger partial charge in [-0.2, -0.15) is 5.10 Å². The van der Waals surface area contributed by atoms with Crippen molar-refractivity contribution >= 4 is 27.8 Å². The van der Waals surface area contributed by atoms with E-state index >= 15 is 0 Å². The van der Waals surface area contributed by atoms with Crippen molar-refractivity contribution in [3.05, 3.63) is 78.8 Å². The summed E-state index contributed by atoms with van der Waals surface area (Å²) in [5.74, 6) is -0.257. The van der Waals surface area contributed by atoms with E-state index in [1.807, 2.05) is 6.07 Å². The Morgan fingerprint density at radius 2 is 1.73 bits per heavy atom. The van der Waals surface area contributed by atoms with Gasteiger partial charge in [-0.1, -0.05) is 12.1 Å². The van der Waals surface area contributed by atoms with Crippen molar-refractivity contribution in [2.24, 2.45) is 0 Å². The summed E-state index contributed by atoms with van der Waals surface area (Å²) in [4.78, 5) is 16.3. The van der Waals surface area contributed by atoms with Crippen molar-refractivity contribution in [3.63, 3.8) is 0 Å². The first-order valence-electron chi connectivity index (χ1n) is 10.1. The summed E-state index contributed by atoms with van der Waals surface area (Å²) < 4.78 is 28.2. The number of H-pyrrole nitrogens is 2. The fourth-order valence-electron chi connectivity index (χ4n) is 3.94. The Morgan fingerprint density at radius 3 is 2.55 bits per heavy atom. The second kappa shape index (κ2) is 7.20. The van der Waals surface area contributed by atoms with Crippen molar-refractivity contribution < 1.29 is 8.78 Å². The third-order valence-electron chi connectivity index (χ3n) is 5.49. The van der Waals surface area contributed by atoms with Gasteiger partial charge in [-0.25, -0.2) is 18.7 Å². The van der Waals surface area contributed by atoms with Gasteiger partial charge in [0.05, 0.1) is 16.7 Å². The number of pyridine rings is 2. The zero-order chi connectivity index (χ0) is 22.5. The average Bonchev–Trinajstić information content (AvgIpc) is 3.42.